The Bertz CT molecular complexity index is 100. The minimum atomic E-state index is 0.608. The molecular formula is C10H24N2. The molecule has 0 spiro atoms. The molecule has 0 heterocycles. The van der Waals surface area contributed by atoms with Gasteiger partial charge in [-0.2, -0.15) is 0 Å². The van der Waals surface area contributed by atoms with E-state index in [1.807, 2.05) is 0 Å². The summed E-state index contributed by atoms with van der Waals surface area (Å²) in [5.41, 5.74) is 0. The van der Waals surface area contributed by atoms with Crippen molar-refractivity contribution in [3.05, 3.63) is 0 Å². The third-order valence-corrected chi connectivity index (χ3v) is 1.99. The van der Waals surface area contributed by atoms with E-state index in [9.17, 15) is 0 Å². The van der Waals surface area contributed by atoms with Gasteiger partial charge in [0.2, 0.25) is 0 Å². The normalized spacial score (nSPS) is 14.2. The van der Waals surface area contributed by atoms with Crippen LogP contribution in [0.5, 0.6) is 0 Å². The van der Waals surface area contributed by atoms with E-state index in [4.69, 9.17) is 0 Å². The van der Waals surface area contributed by atoms with Gasteiger partial charge >= 0.3 is 0 Å². The van der Waals surface area contributed by atoms with Gasteiger partial charge in [0.1, 0.15) is 0 Å². The van der Waals surface area contributed by atoms with Crippen LogP contribution in [0.15, 0.2) is 0 Å². The summed E-state index contributed by atoms with van der Waals surface area (Å²) in [6.07, 6.45) is 2.48. The fourth-order valence-electron chi connectivity index (χ4n) is 1.29. The molecule has 0 aromatic rings. The summed E-state index contributed by atoms with van der Waals surface area (Å²) in [7, 11) is 4.25. The van der Waals surface area contributed by atoms with Gasteiger partial charge in [-0.05, 0) is 33.5 Å². The Labute approximate surface area is 77.3 Å². The van der Waals surface area contributed by atoms with Crippen molar-refractivity contribution in [1.29, 1.82) is 0 Å². The highest BCUT2D eigenvalue weighted by molar-refractivity contribution is 4.68. The first kappa shape index (κ1) is 11.9. The number of nitrogens with one attached hydrogen (secondary N) is 1. The fraction of sp³-hybridized carbons (Fsp3) is 1.00. The lowest BCUT2D eigenvalue weighted by Crippen LogP contribution is -2.36. The molecule has 1 unspecified atom stereocenters. The van der Waals surface area contributed by atoms with Crippen molar-refractivity contribution in [3.63, 3.8) is 0 Å². The molecule has 0 aromatic carbocycles. The molecule has 2 heteroatoms. The Balaban J connectivity index is 3.53. The Hall–Kier alpha value is -0.0800. The van der Waals surface area contributed by atoms with Crippen molar-refractivity contribution in [3.8, 4) is 0 Å². The maximum Gasteiger partial charge on any atom is 0.00789 e. The Morgan fingerprint density at radius 1 is 1.25 bits per heavy atom. The predicted molar refractivity (Wildman–Crippen MR) is 55.5 cm³/mol. The SMILES string of the molecule is CCC(CCN(C)C)NC(C)C. The fourth-order valence-corrected chi connectivity index (χ4v) is 1.29. The van der Waals surface area contributed by atoms with Gasteiger partial charge in [-0.3, -0.25) is 0 Å². The number of hydrogen-bond acceptors (Lipinski definition) is 2. The van der Waals surface area contributed by atoms with Crippen molar-refractivity contribution in [2.24, 2.45) is 0 Å². The number of rotatable bonds is 6. The van der Waals surface area contributed by atoms with Crippen LogP contribution >= 0.6 is 0 Å². The van der Waals surface area contributed by atoms with Crippen LogP contribution in [0.25, 0.3) is 0 Å². The predicted octanol–water partition coefficient (Wildman–Crippen LogP) is 1.71. The molecule has 0 saturated heterocycles. The van der Waals surface area contributed by atoms with Crippen molar-refractivity contribution in [1.82, 2.24) is 10.2 Å². The molecule has 0 fully saturated rings. The van der Waals surface area contributed by atoms with E-state index in [0.717, 1.165) is 0 Å². The highest BCUT2D eigenvalue weighted by atomic mass is 15.1. The summed E-state index contributed by atoms with van der Waals surface area (Å²) in [4.78, 5) is 2.24. The molecule has 0 bridgehead atoms. The second kappa shape index (κ2) is 6.44. The van der Waals surface area contributed by atoms with Gasteiger partial charge in [0, 0.05) is 12.1 Å². The Morgan fingerprint density at radius 2 is 1.83 bits per heavy atom. The zero-order chi connectivity index (χ0) is 9.56. The van der Waals surface area contributed by atoms with E-state index in [1.165, 1.54) is 19.4 Å². The molecule has 2 nitrogen and oxygen atoms in total. The lowest BCUT2D eigenvalue weighted by molar-refractivity contribution is 0.342. The first-order valence-electron chi connectivity index (χ1n) is 4.97. The van der Waals surface area contributed by atoms with E-state index in [0.29, 0.717) is 12.1 Å². The van der Waals surface area contributed by atoms with Gasteiger partial charge in [0.25, 0.3) is 0 Å². The van der Waals surface area contributed by atoms with Gasteiger partial charge in [0.15, 0.2) is 0 Å². The largest absolute Gasteiger partial charge is 0.312 e. The van der Waals surface area contributed by atoms with E-state index in [2.05, 4.69) is 45.1 Å². The first-order valence-corrected chi connectivity index (χ1v) is 4.97. The molecule has 0 amide bonds. The summed E-state index contributed by atoms with van der Waals surface area (Å²) in [5.74, 6) is 0. The third kappa shape index (κ3) is 6.62. The van der Waals surface area contributed by atoms with Crippen molar-refractivity contribution in [2.75, 3.05) is 20.6 Å². The van der Waals surface area contributed by atoms with Crippen LogP contribution in [0, 0.1) is 0 Å². The lowest BCUT2D eigenvalue weighted by Gasteiger charge is -2.21. The average Bonchev–Trinajstić information content (AvgIpc) is 1.97. The van der Waals surface area contributed by atoms with Gasteiger partial charge in [-0.15, -0.1) is 0 Å². The second-order valence-corrected chi connectivity index (χ2v) is 4.02. The van der Waals surface area contributed by atoms with Crippen LogP contribution < -0.4 is 5.32 Å². The van der Waals surface area contributed by atoms with Crippen LogP contribution in [0.3, 0.4) is 0 Å². The van der Waals surface area contributed by atoms with E-state index < -0.39 is 0 Å². The molecular weight excluding hydrogens is 148 g/mol. The standard InChI is InChI=1S/C10H24N2/c1-6-10(11-9(2)3)7-8-12(4)5/h9-11H,6-8H2,1-5H3. The zero-order valence-corrected chi connectivity index (χ0v) is 9.22. The molecule has 1 N–H and O–H groups in total. The van der Waals surface area contributed by atoms with Crippen LogP contribution in [0.1, 0.15) is 33.6 Å². The highest BCUT2D eigenvalue weighted by Gasteiger charge is 2.06. The number of hydrogen-bond donors (Lipinski definition) is 1. The van der Waals surface area contributed by atoms with Crippen molar-refractivity contribution in [2.45, 2.75) is 45.7 Å². The molecule has 0 aromatic heterocycles. The van der Waals surface area contributed by atoms with Crippen molar-refractivity contribution < 1.29 is 0 Å². The first-order chi connectivity index (χ1) is 5.56. The molecule has 0 radical (unpaired) electrons. The monoisotopic (exact) mass is 172 g/mol. The minimum Gasteiger partial charge on any atom is -0.312 e. The second-order valence-electron chi connectivity index (χ2n) is 4.02. The molecule has 1 atom stereocenters. The molecule has 0 aliphatic rings. The summed E-state index contributed by atoms with van der Waals surface area (Å²) in [6.45, 7) is 7.84. The Morgan fingerprint density at radius 3 is 2.17 bits per heavy atom. The maximum absolute atomic E-state index is 3.56. The van der Waals surface area contributed by atoms with E-state index >= 15 is 0 Å². The summed E-state index contributed by atoms with van der Waals surface area (Å²) >= 11 is 0. The van der Waals surface area contributed by atoms with Crippen LogP contribution in [-0.4, -0.2) is 37.6 Å². The maximum atomic E-state index is 3.56. The summed E-state index contributed by atoms with van der Waals surface area (Å²) in [6, 6.07) is 1.30. The smallest absolute Gasteiger partial charge is 0.00789 e. The van der Waals surface area contributed by atoms with Gasteiger partial charge in [0.05, 0.1) is 0 Å². The molecule has 0 rings (SSSR count). The summed E-state index contributed by atoms with van der Waals surface area (Å²) < 4.78 is 0. The highest BCUT2D eigenvalue weighted by Crippen LogP contribution is 1.99. The van der Waals surface area contributed by atoms with Gasteiger partial charge < -0.3 is 10.2 Å². The van der Waals surface area contributed by atoms with Crippen molar-refractivity contribution >= 4 is 0 Å². The van der Waals surface area contributed by atoms with E-state index in [-0.39, 0.29) is 0 Å². The van der Waals surface area contributed by atoms with Crippen LogP contribution in [0.4, 0.5) is 0 Å². The van der Waals surface area contributed by atoms with Gasteiger partial charge in [-0.1, -0.05) is 20.8 Å². The van der Waals surface area contributed by atoms with Crippen LogP contribution in [0.2, 0.25) is 0 Å². The number of nitrogens with zero attached hydrogens (tertiary/aromatic N) is 1. The molecule has 0 aliphatic heterocycles. The summed E-state index contributed by atoms with van der Waals surface area (Å²) in [5, 5.41) is 3.56. The molecule has 74 valence electrons. The topological polar surface area (TPSA) is 15.3 Å². The zero-order valence-electron chi connectivity index (χ0n) is 9.22. The minimum absolute atomic E-state index is 0.608. The average molecular weight is 172 g/mol. The molecule has 0 aliphatic carbocycles. The Kier molecular flexibility index (Phi) is 6.39. The molecule has 12 heavy (non-hydrogen) atoms. The molecule has 0 saturated carbocycles. The van der Waals surface area contributed by atoms with Gasteiger partial charge in [-0.25, -0.2) is 0 Å². The third-order valence-electron chi connectivity index (χ3n) is 1.99. The quantitative estimate of drug-likeness (QED) is 0.656. The lowest BCUT2D eigenvalue weighted by atomic mass is 10.1. The van der Waals surface area contributed by atoms with E-state index in [1.54, 1.807) is 0 Å². The van der Waals surface area contributed by atoms with Crippen LogP contribution in [-0.2, 0) is 0 Å².